The number of aromatic amines is 1. The summed E-state index contributed by atoms with van der Waals surface area (Å²) < 4.78 is 19.9. The van der Waals surface area contributed by atoms with Crippen LogP contribution in [0.15, 0.2) is 36.7 Å². The van der Waals surface area contributed by atoms with Crippen LogP contribution in [-0.2, 0) is 0 Å². The van der Waals surface area contributed by atoms with Crippen molar-refractivity contribution in [3.8, 4) is 16.9 Å². The van der Waals surface area contributed by atoms with Gasteiger partial charge >= 0.3 is 0 Å². The molecule has 3 heterocycles. The van der Waals surface area contributed by atoms with Crippen molar-refractivity contribution in [2.24, 2.45) is 0 Å². The third kappa shape index (κ3) is 1.92. The molecule has 4 rings (SSSR count). The van der Waals surface area contributed by atoms with Gasteiger partial charge in [0.1, 0.15) is 23.8 Å². The van der Waals surface area contributed by atoms with E-state index in [1.807, 2.05) is 6.07 Å². The summed E-state index contributed by atoms with van der Waals surface area (Å²) >= 11 is 0. The second-order valence-electron chi connectivity index (χ2n) is 5.03. The van der Waals surface area contributed by atoms with E-state index in [9.17, 15) is 9.18 Å². The van der Waals surface area contributed by atoms with Crippen molar-refractivity contribution in [2.75, 3.05) is 13.2 Å². The lowest BCUT2D eigenvalue weighted by atomic mass is 10.0. The number of halogens is 1. The Balaban J connectivity index is 1.94. The third-order valence-corrected chi connectivity index (χ3v) is 3.70. The molecule has 2 N–H and O–H groups in total. The van der Waals surface area contributed by atoms with Gasteiger partial charge in [-0.15, -0.1) is 0 Å². The van der Waals surface area contributed by atoms with E-state index in [0.29, 0.717) is 35.5 Å². The molecular formula is C16H12FN3O2. The van der Waals surface area contributed by atoms with Crippen molar-refractivity contribution in [3.05, 3.63) is 48.0 Å². The van der Waals surface area contributed by atoms with E-state index in [4.69, 9.17) is 4.74 Å². The number of benzene rings is 1. The first-order valence-electron chi connectivity index (χ1n) is 6.91. The number of hydrogen-bond acceptors (Lipinski definition) is 3. The number of nitrogens with zero attached hydrogens (tertiary/aromatic N) is 1. The molecule has 5 nitrogen and oxygen atoms in total. The third-order valence-electron chi connectivity index (χ3n) is 3.70. The Labute approximate surface area is 125 Å². The standard InChI is InChI=1S/C16H12FN3O2/c17-13-7-14-11(16(21)19-4-5-22-14)6-10(13)12-8-20-15-9(12)2-1-3-18-15/h1-3,6-8H,4-5H2,(H,18,20)(H,19,21). The first-order chi connectivity index (χ1) is 10.7. The van der Waals surface area contributed by atoms with E-state index in [1.54, 1.807) is 18.5 Å². The van der Waals surface area contributed by atoms with Gasteiger partial charge in [0.2, 0.25) is 0 Å². The number of ether oxygens (including phenoxy) is 1. The highest BCUT2D eigenvalue weighted by Crippen LogP contribution is 2.34. The molecule has 0 saturated heterocycles. The van der Waals surface area contributed by atoms with Gasteiger partial charge in [0.05, 0.1) is 12.1 Å². The number of aromatic nitrogens is 2. The maximum atomic E-state index is 14.5. The van der Waals surface area contributed by atoms with Crippen molar-refractivity contribution in [1.29, 1.82) is 0 Å². The summed E-state index contributed by atoms with van der Waals surface area (Å²) in [4.78, 5) is 19.3. The van der Waals surface area contributed by atoms with Gasteiger partial charge in [-0.25, -0.2) is 9.37 Å². The molecule has 0 aliphatic carbocycles. The second kappa shape index (κ2) is 4.84. The summed E-state index contributed by atoms with van der Waals surface area (Å²) in [5.41, 5.74) is 2.03. The van der Waals surface area contributed by atoms with Crippen LogP contribution >= 0.6 is 0 Å². The minimum atomic E-state index is -0.432. The Morgan fingerprint density at radius 2 is 2.14 bits per heavy atom. The van der Waals surface area contributed by atoms with Gasteiger partial charge < -0.3 is 15.0 Å². The summed E-state index contributed by atoms with van der Waals surface area (Å²) in [6, 6.07) is 6.44. The number of nitrogens with one attached hydrogen (secondary N) is 2. The van der Waals surface area contributed by atoms with Crippen LogP contribution in [0.5, 0.6) is 5.75 Å². The fraction of sp³-hybridized carbons (Fsp3) is 0.125. The number of rotatable bonds is 1. The van der Waals surface area contributed by atoms with Crippen molar-refractivity contribution in [3.63, 3.8) is 0 Å². The van der Waals surface area contributed by atoms with E-state index in [0.717, 1.165) is 5.39 Å². The fourth-order valence-corrected chi connectivity index (χ4v) is 2.66. The van der Waals surface area contributed by atoms with E-state index >= 15 is 0 Å². The van der Waals surface area contributed by atoms with Crippen molar-refractivity contribution < 1.29 is 13.9 Å². The van der Waals surface area contributed by atoms with Crippen molar-refractivity contribution in [2.45, 2.75) is 0 Å². The summed E-state index contributed by atoms with van der Waals surface area (Å²) in [7, 11) is 0. The van der Waals surface area contributed by atoms with Gasteiger partial charge in [-0.05, 0) is 18.2 Å². The fourth-order valence-electron chi connectivity index (χ4n) is 2.66. The van der Waals surface area contributed by atoms with Crippen molar-refractivity contribution >= 4 is 16.9 Å². The summed E-state index contributed by atoms with van der Waals surface area (Å²) in [6.45, 7) is 0.732. The van der Waals surface area contributed by atoms with Gasteiger partial charge in [-0.3, -0.25) is 4.79 Å². The van der Waals surface area contributed by atoms with Gasteiger partial charge in [-0.1, -0.05) is 0 Å². The average Bonchev–Trinajstić information content (AvgIpc) is 2.87. The number of fused-ring (bicyclic) bond motifs is 2. The zero-order chi connectivity index (χ0) is 15.1. The lowest BCUT2D eigenvalue weighted by Gasteiger charge is -2.09. The number of pyridine rings is 1. The van der Waals surface area contributed by atoms with Gasteiger partial charge in [0.25, 0.3) is 5.91 Å². The van der Waals surface area contributed by atoms with Gasteiger partial charge in [0, 0.05) is 35.0 Å². The SMILES string of the molecule is O=C1NCCOc2cc(F)c(-c3c[nH]c4ncccc34)cc21. The predicted molar refractivity (Wildman–Crippen MR) is 79.3 cm³/mol. The topological polar surface area (TPSA) is 67.0 Å². The second-order valence-corrected chi connectivity index (χ2v) is 5.03. The van der Waals surface area contributed by atoms with Gasteiger partial charge in [-0.2, -0.15) is 0 Å². The summed E-state index contributed by atoms with van der Waals surface area (Å²) in [5, 5.41) is 3.53. The lowest BCUT2D eigenvalue weighted by Crippen LogP contribution is -2.24. The molecule has 0 atom stereocenters. The summed E-state index contributed by atoms with van der Waals surface area (Å²) in [6.07, 6.45) is 3.36. The Bertz CT molecular complexity index is 888. The van der Waals surface area contributed by atoms with Crippen LogP contribution in [0.3, 0.4) is 0 Å². The smallest absolute Gasteiger partial charge is 0.255 e. The zero-order valence-electron chi connectivity index (χ0n) is 11.5. The average molecular weight is 297 g/mol. The molecule has 0 fully saturated rings. The van der Waals surface area contributed by atoms with E-state index < -0.39 is 5.82 Å². The lowest BCUT2D eigenvalue weighted by molar-refractivity contribution is 0.0957. The highest BCUT2D eigenvalue weighted by atomic mass is 19.1. The van der Waals surface area contributed by atoms with Crippen molar-refractivity contribution in [1.82, 2.24) is 15.3 Å². The van der Waals surface area contributed by atoms with Crippen LogP contribution in [-0.4, -0.2) is 29.0 Å². The molecule has 0 radical (unpaired) electrons. The Morgan fingerprint density at radius 1 is 1.23 bits per heavy atom. The maximum Gasteiger partial charge on any atom is 0.255 e. The van der Waals surface area contributed by atoms with Crippen LogP contribution in [0.4, 0.5) is 4.39 Å². The minimum Gasteiger partial charge on any atom is -0.491 e. The maximum absolute atomic E-state index is 14.5. The highest BCUT2D eigenvalue weighted by Gasteiger charge is 2.21. The van der Waals surface area contributed by atoms with E-state index in [-0.39, 0.29) is 11.7 Å². The molecule has 1 aliphatic rings. The molecule has 110 valence electrons. The largest absolute Gasteiger partial charge is 0.491 e. The zero-order valence-corrected chi connectivity index (χ0v) is 11.5. The van der Waals surface area contributed by atoms with Gasteiger partial charge in [0.15, 0.2) is 0 Å². The first-order valence-corrected chi connectivity index (χ1v) is 6.91. The molecule has 1 aliphatic heterocycles. The van der Waals surface area contributed by atoms with Crippen LogP contribution in [0.1, 0.15) is 10.4 Å². The molecule has 1 aromatic carbocycles. The number of carbonyl (C=O) groups is 1. The summed E-state index contributed by atoms with van der Waals surface area (Å²) in [5.74, 6) is -0.417. The van der Waals surface area contributed by atoms with Crippen LogP contribution in [0, 0.1) is 5.82 Å². The minimum absolute atomic E-state index is 0.258. The number of amides is 1. The molecule has 6 heteroatoms. The van der Waals surface area contributed by atoms with Crippen LogP contribution in [0.25, 0.3) is 22.2 Å². The van der Waals surface area contributed by atoms with E-state index in [2.05, 4.69) is 15.3 Å². The number of hydrogen-bond donors (Lipinski definition) is 2. The Hall–Kier alpha value is -2.89. The Kier molecular flexibility index (Phi) is 2.82. The normalized spacial score (nSPS) is 14.1. The van der Waals surface area contributed by atoms with E-state index in [1.165, 1.54) is 12.1 Å². The molecule has 0 spiro atoms. The first kappa shape index (κ1) is 12.8. The predicted octanol–water partition coefficient (Wildman–Crippen LogP) is 2.49. The quantitative estimate of drug-likeness (QED) is 0.725. The molecule has 3 aromatic rings. The molecular weight excluding hydrogens is 285 g/mol. The molecule has 2 aromatic heterocycles. The molecule has 22 heavy (non-hydrogen) atoms. The molecule has 0 unspecified atom stereocenters. The van der Waals surface area contributed by atoms with Crippen LogP contribution in [0.2, 0.25) is 0 Å². The highest BCUT2D eigenvalue weighted by molar-refractivity contribution is 6.00. The molecule has 0 bridgehead atoms. The monoisotopic (exact) mass is 297 g/mol. The Morgan fingerprint density at radius 3 is 3.05 bits per heavy atom. The molecule has 1 amide bonds. The van der Waals surface area contributed by atoms with Crippen LogP contribution < -0.4 is 10.1 Å². The number of H-pyrrole nitrogens is 1. The number of carbonyl (C=O) groups excluding carboxylic acids is 1. The molecule has 0 saturated carbocycles.